The van der Waals surface area contributed by atoms with Gasteiger partial charge < -0.3 is 9.47 Å². The Morgan fingerprint density at radius 3 is 2.75 bits per heavy atom. The van der Waals surface area contributed by atoms with E-state index < -0.39 is 0 Å². The standard InChI is InChI=1S/C23H28N2O3/c1-17(23(26)27-2)25-11-12-28-22-8-7-18(13-21(22)16-25)14-24-10-9-19-5-3-4-6-20(19)15-24/h3-8,13,17H,9-12,14-16H2,1-2H3. The monoisotopic (exact) mass is 380 g/mol. The van der Waals surface area contributed by atoms with Gasteiger partial charge in [-0.3, -0.25) is 14.6 Å². The van der Waals surface area contributed by atoms with Gasteiger partial charge >= 0.3 is 5.97 Å². The zero-order valence-corrected chi connectivity index (χ0v) is 16.7. The molecule has 2 aliphatic rings. The van der Waals surface area contributed by atoms with Crippen molar-refractivity contribution in [2.75, 3.05) is 26.8 Å². The minimum Gasteiger partial charge on any atom is -0.492 e. The van der Waals surface area contributed by atoms with E-state index in [9.17, 15) is 4.79 Å². The van der Waals surface area contributed by atoms with Crippen LogP contribution in [0.3, 0.4) is 0 Å². The molecule has 28 heavy (non-hydrogen) atoms. The highest BCUT2D eigenvalue weighted by Crippen LogP contribution is 2.27. The van der Waals surface area contributed by atoms with Gasteiger partial charge in [0.25, 0.3) is 0 Å². The van der Waals surface area contributed by atoms with Crippen molar-refractivity contribution in [1.82, 2.24) is 9.80 Å². The summed E-state index contributed by atoms with van der Waals surface area (Å²) >= 11 is 0. The maximum absolute atomic E-state index is 12.0. The van der Waals surface area contributed by atoms with Crippen LogP contribution in [-0.4, -0.2) is 48.6 Å². The number of nitrogens with zero attached hydrogens (tertiary/aromatic N) is 2. The van der Waals surface area contributed by atoms with Gasteiger partial charge in [-0.25, -0.2) is 0 Å². The van der Waals surface area contributed by atoms with Crippen molar-refractivity contribution in [2.24, 2.45) is 0 Å². The molecule has 0 fully saturated rings. The van der Waals surface area contributed by atoms with Gasteiger partial charge in [0, 0.05) is 38.3 Å². The van der Waals surface area contributed by atoms with Crippen LogP contribution in [0.25, 0.3) is 0 Å². The molecule has 0 saturated heterocycles. The second kappa shape index (κ2) is 8.33. The van der Waals surface area contributed by atoms with E-state index in [0.29, 0.717) is 19.7 Å². The maximum Gasteiger partial charge on any atom is 0.322 e. The van der Waals surface area contributed by atoms with Gasteiger partial charge in [0.15, 0.2) is 0 Å². The SMILES string of the molecule is COC(=O)C(C)N1CCOc2ccc(CN3CCc4ccccc4C3)cc2C1. The topological polar surface area (TPSA) is 42.0 Å². The molecule has 0 aliphatic carbocycles. The molecule has 0 saturated carbocycles. The Kier molecular flexibility index (Phi) is 5.64. The van der Waals surface area contributed by atoms with Crippen molar-refractivity contribution in [3.8, 4) is 5.75 Å². The van der Waals surface area contributed by atoms with E-state index >= 15 is 0 Å². The van der Waals surface area contributed by atoms with Crippen LogP contribution in [0.1, 0.15) is 29.2 Å². The van der Waals surface area contributed by atoms with Gasteiger partial charge in [-0.1, -0.05) is 30.3 Å². The molecule has 148 valence electrons. The minimum atomic E-state index is -0.276. The largest absolute Gasteiger partial charge is 0.492 e. The molecule has 0 N–H and O–H groups in total. The molecule has 1 atom stereocenters. The lowest BCUT2D eigenvalue weighted by molar-refractivity contribution is -0.146. The molecule has 5 heteroatoms. The molecule has 1 unspecified atom stereocenters. The van der Waals surface area contributed by atoms with Crippen LogP contribution in [0.2, 0.25) is 0 Å². The molecule has 2 aromatic carbocycles. The van der Waals surface area contributed by atoms with E-state index in [0.717, 1.165) is 37.4 Å². The molecule has 2 heterocycles. The Morgan fingerprint density at radius 2 is 1.93 bits per heavy atom. The van der Waals surface area contributed by atoms with Crippen LogP contribution >= 0.6 is 0 Å². The molecule has 4 rings (SSSR count). The number of hydrogen-bond donors (Lipinski definition) is 0. The van der Waals surface area contributed by atoms with Gasteiger partial charge in [-0.05, 0) is 42.2 Å². The van der Waals surface area contributed by atoms with Crippen molar-refractivity contribution in [3.05, 3.63) is 64.7 Å². The number of ether oxygens (including phenoxy) is 2. The summed E-state index contributed by atoms with van der Waals surface area (Å²) in [4.78, 5) is 16.6. The number of methoxy groups -OCH3 is 1. The van der Waals surface area contributed by atoms with Gasteiger partial charge in [-0.2, -0.15) is 0 Å². The Morgan fingerprint density at radius 1 is 1.11 bits per heavy atom. The normalized spacial score (nSPS) is 18.4. The zero-order chi connectivity index (χ0) is 19.5. The van der Waals surface area contributed by atoms with Crippen LogP contribution in [0.15, 0.2) is 42.5 Å². The smallest absolute Gasteiger partial charge is 0.322 e. The Hall–Kier alpha value is -2.37. The third kappa shape index (κ3) is 4.05. The highest BCUT2D eigenvalue weighted by Gasteiger charge is 2.25. The fourth-order valence-electron chi connectivity index (χ4n) is 4.16. The summed E-state index contributed by atoms with van der Waals surface area (Å²) in [6, 6.07) is 14.9. The van der Waals surface area contributed by atoms with Crippen LogP contribution in [0, 0.1) is 0 Å². The van der Waals surface area contributed by atoms with E-state index in [1.807, 2.05) is 6.92 Å². The number of carbonyl (C=O) groups is 1. The van der Waals surface area contributed by atoms with Crippen molar-refractivity contribution < 1.29 is 14.3 Å². The van der Waals surface area contributed by atoms with Gasteiger partial charge in [-0.15, -0.1) is 0 Å². The predicted octanol–water partition coefficient (Wildman–Crippen LogP) is 3.00. The molecule has 5 nitrogen and oxygen atoms in total. The average molecular weight is 380 g/mol. The number of fused-ring (bicyclic) bond motifs is 2. The van der Waals surface area contributed by atoms with E-state index in [-0.39, 0.29) is 12.0 Å². The summed E-state index contributed by atoms with van der Waals surface area (Å²) < 4.78 is 10.8. The van der Waals surface area contributed by atoms with E-state index in [1.165, 1.54) is 23.8 Å². The highest BCUT2D eigenvalue weighted by atomic mass is 16.5. The third-order valence-corrected chi connectivity index (χ3v) is 5.84. The maximum atomic E-state index is 12.0. The molecule has 0 bridgehead atoms. The molecule has 0 spiro atoms. The lowest BCUT2D eigenvalue weighted by Crippen LogP contribution is -2.40. The molecule has 2 aliphatic heterocycles. The number of esters is 1. The van der Waals surface area contributed by atoms with E-state index in [4.69, 9.17) is 9.47 Å². The Bertz CT molecular complexity index is 851. The fraction of sp³-hybridized carbons (Fsp3) is 0.435. The summed E-state index contributed by atoms with van der Waals surface area (Å²) in [5.74, 6) is 0.721. The summed E-state index contributed by atoms with van der Waals surface area (Å²) in [6.45, 7) is 6.88. The first-order chi connectivity index (χ1) is 13.6. The summed E-state index contributed by atoms with van der Waals surface area (Å²) in [5, 5.41) is 0. The molecular formula is C23H28N2O3. The second-order valence-corrected chi connectivity index (χ2v) is 7.69. The average Bonchev–Trinajstić information content (AvgIpc) is 2.94. The minimum absolute atomic E-state index is 0.202. The van der Waals surface area contributed by atoms with Gasteiger partial charge in [0.1, 0.15) is 18.4 Å². The highest BCUT2D eigenvalue weighted by molar-refractivity contribution is 5.75. The predicted molar refractivity (Wildman–Crippen MR) is 108 cm³/mol. The quantitative estimate of drug-likeness (QED) is 0.763. The van der Waals surface area contributed by atoms with Gasteiger partial charge in [0.2, 0.25) is 0 Å². The number of benzene rings is 2. The number of rotatable bonds is 4. The lowest BCUT2D eigenvalue weighted by atomic mass is 9.99. The molecule has 0 aromatic heterocycles. The van der Waals surface area contributed by atoms with Crippen LogP contribution in [-0.2, 0) is 35.6 Å². The zero-order valence-electron chi connectivity index (χ0n) is 16.7. The first kappa shape index (κ1) is 19.0. The van der Waals surface area contributed by atoms with Crippen molar-refractivity contribution in [2.45, 2.75) is 39.0 Å². The second-order valence-electron chi connectivity index (χ2n) is 7.69. The number of carbonyl (C=O) groups excluding carboxylic acids is 1. The summed E-state index contributed by atoms with van der Waals surface area (Å²) in [6.07, 6.45) is 1.11. The lowest BCUT2D eigenvalue weighted by Gasteiger charge is -2.29. The molecule has 0 radical (unpaired) electrons. The van der Waals surface area contributed by atoms with E-state index in [1.54, 1.807) is 0 Å². The first-order valence-corrected chi connectivity index (χ1v) is 9.99. The summed E-state index contributed by atoms with van der Waals surface area (Å²) in [5.41, 5.74) is 5.34. The molecular weight excluding hydrogens is 352 g/mol. The fourth-order valence-corrected chi connectivity index (χ4v) is 4.16. The Labute approximate surface area is 166 Å². The van der Waals surface area contributed by atoms with Crippen molar-refractivity contribution >= 4 is 5.97 Å². The van der Waals surface area contributed by atoms with Crippen molar-refractivity contribution in [1.29, 1.82) is 0 Å². The van der Waals surface area contributed by atoms with Gasteiger partial charge in [0.05, 0.1) is 7.11 Å². The van der Waals surface area contributed by atoms with Crippen LogP contribution in [0.4, 0.5) is 0 Å². The van der Waals surface area contributed by atoms with Crippen LogP contribution < -0.4 is 4.74 Å². The summed E-state index contributed by atoms with van der Waals surface area (Å²) in [7, 11) is 1.44. The third-order valence-electron chi connectivity index (χ3n) is 5.84. The Balaban J connectivity index is 1.48. The molecule has 0 amide bonds. The molecule has 2 aromatic rings. The first-order valence-electron chi connectivity index (χ1n) is 9.99. The number of hydrogen-bond acceptors (Lipinski definition) is 5. The van der Waals surface area contributed by atoms with Crippen LogP contribution in [0.5, 0.6) is 5.75 Å². The van der Waals surface area contributed by atoms with E-state index in [2.05, 4.69) is 52.3 Å². The van der Waals surface area contributed by atoms with Crippen molar-refractivity contribution in [3.63, 3.8) is 0 Å².